The van der Waals surface area contributed by atoms with Gasteiger partial charge in [-0.2, -0.15) is 0 Å². The molecule has 1 atom stereocenters. The summed E-state index contributed by atoms with van der Waals surface area (Å²) < 4.78 is 20.3. The van der Waals surface area contributed by atoms with Crippen molar-refractivity contribution in [3.05, 3.63) is 99.8 Å². The van der Waals surface area contributed by atoms with E-state index in [9.17, 15) is 19.1 Å². The second-order valence-electron chi connectivity index (χ2n) is 9.20. The molecule has 35 heavy (non-hydrogen) atoms. The molecule has 0 bridgehead atoms. The van der Waals surface area contributed by atoms with Crippen molar-refractivity contribution in [1.82, 2.24) is 4.90 Å². The molecule has 0 radical (unpaired) electrons. The highest BCUT2D eigenvalue weighted by atomic mass is 35.5. The van der Waals surface area contributed by atoms with Crippen molar-refractivity contribution in [3.63, 3.8) is 0 Å². The fraction of sp³-hybridized carbons (Fsp3) is 0.286. The van der Waals surface area contributed by atoms with Gasteiger partial charge in [-0.25, -0.2) is 4.39 Å². The van der Waals surface area contributed by atoms with Crippen molar-refractivity contribution in [2.75, 3.05) is 13.1 Å². The molecule has 0 fully saturated rings. The maximum Gasteiger partial charge on any atom is 0.323 e. The van der Waals surface area contributed by atoms with E-state index in [1.54, 1.807) is 18.2 Å². The first kappa shape index (κ1) is 24.7. The van der Waals surface area contributed by atoms with Gasteiger partial charge in [-0.1, -0.05) is 54.1 Å². The minimum absolute atomic E-state index is 0.0835. The summed E-state index contributed by atoms with van der Waals surface area (Å²) in [6, 6.07) is 19.6. The van der Waals surface area contributed by atoms with E-state index in [2.05, 4.69) is 0 Å². The molecule has 182 valence electrons. The number of nitrogens with zero attached hydrogens (tertiary/aromatic N) is 1. The Hall–Kier alpha value is -3.38. The molecule has 0 saturated heterocycles. The van der Waals surface area contributed by atoms with Gasteiger partial charge in [0.1, 0.15) is 23.7 Å². The number of carboxylic acid groups (broad SMARTS) is 1. The molecule has 1 aliphatic heterocycles. The van der Waals surface area contributed by atoms with E-state index in [0.29, 0.717) is 29.8 Å². The van der Waals surface area contributed by atoms with Gasteiger partial charge in [0, 0.05) is 24.4 Å². The molecule has 1 amide bonds. The summed E-state index contributed by atoms with van der Waals surface area (Å²) in [7, 11) is 0. The molecule has 0 aliphatic carbocycles. The van der Waals surface area contributed by atoms with E-state index in [1.807, 2.05) is 49.4 Å². The third kappa shape index (κ3) is 6.40. The Kier molecular flexibility index (Phi) is 7.41. The first-order chi connectivity index (χ1) is 16.7. The highest BCUT2D eigenvalue weighted by Crippen LogP contribution is 2.38. The smallest absolute Gasteiger partial charge is 0.323 e. The molecular weight excluding hydrogens is 469 g/mol. The zero-order valence-corrected chi connectivity index (χ0v) is 20.2. The van der Waals surface area contributed by atoms with Crippen LogP contribution in [0.2, 0.25) is 5.02 Å². The summed E-state index contributed by atoms with van der Waals surface area (Å²) in [5.74, 6) is -0.850. The van der Waals surface area contributed by atoms with Crippen molar-refractivity contribution in [2.24, 2.45) is 0 Å². The third-order valence-corrected chi connectivity index (χ3v) is 6.40. The van der Waals surface area contributed by atoms with E-state index in [0.717, 1.165) is 22.4 Å². The maximum absolute atomic E-state index is 14.2. The second-order valence-corrected chi connectivity index (χ2v) is 9.64. The SMILES string of the molecule is C[C@@]1(Cc2ccccc2F)Cc2cc(CC(=O)N(CCc3cccc(Cl)c3)CC(=O)O)ccc2O1. The first-order valence-electron chi connectivity index (χ1n) is 11.5. The van der Waals surface area contributed by atoms with Crippen LogP contribution in [0.25, 0.3) is 0 Å². The van der Waals surface area contributed by atoms with Crippen molar-refractivity contribution < 1.29 is 23.8 Å². The monoisotopic (exact) mass is 495 g/mol. The number of halogens is 2. The molecule has 0 aromatic heterocycles. The van der Waals surface area contributed by atoms with E-state index in [-0.39, 0.29) is 31.2 Å². The molecule has 4 rings (SSSR count). The second kappa shape index (κ2) is 10.5. The molecule has 1 N–H and O–H groups in total. The zero-order valence-electron chi connectivity index (χ0n) is 19.5. The molecule has 7 heteroatoms. The van der Waals surface area contributed by atoms with Crippen LogP contribution in [0, 0.1) is 5.82 Å². The molecule has 3 aromatic carbocycles. The van der Waals surface area contributed by atoms with Gasteiger partial charge in [0.2, 0.25) is 5.91 Å². The summed E-state index contributed by atoms with van der Waals surface area (Å²) in [5, 5.41) is 9.91. The van der Waals surface area contributed by atoms with Gasteiger partial charge in [-0.15, -0.1) is 0 Å². The van der Waals surface area contributed by atoms with E-state index >= 15 is 0 Å². The van der Waals surface area contributed by atoms with Crippen LogP contribution in [-0.2, 0) is 35.3 Å². The van der Waals surface area contributed by atoms with Crippen LogP contribution in [-0.4, -0.2) is 40.6 Å². The van der Waals surface area contributed by atoms with Crippen LogP contribution in [0.4, 0.5) is 4.39 Å². The van der Waals surface area contributed by atoms with Crippen molar-refractivity contribution in [2.45, 2.75) is 38.2 Å². The maximum atomic E-state index is 14.2. The zero-order chi connectivity index (χ0) is 25.0. The standard InChI is InChI=1S/C28H27ClFNO4/c1-28(16-21-6-2-3-8-24(21)30)17-22-13-20(9-10-25(22)35-28)15-26(32)31(18-27(33)34)12-11-19-5-4-7-23(29)14-19/h2-10,13-14H,11-12,15-18H2,1H3,(H,33,34)/t28-/m1/s1. The molecular formula is C28H27ClFNO4. The Morgan fingerprint density at radius 2 is 1.89 bits per heavy atom. The normalized spacial score (nSPS) is 16.4. The van der Waals surface area contributed by atoms with Gasteiger partial charge < -0.3 is 14.7 Å². The van der Waals surface area contributed by atoms with Gasteiger partial charge in [0.05, 0.1) is 6.42 Å². The number of hydrogen-bond acceptors (Lipinski definition) is 3. The number of amides is 1. The third-order valence-electron chi connectivity index (χ3n) is 6.16. The highest BCUT2D eigenvalue weighted by molar-refractivity contribution is 6.30. The number of rotatable bonds is 9. The summed E-state index contributed by atoms with van der Waals surface area (Å²) in [5.41, 5.74) is 2.69. The first-order valence-corrected chi connectivity index (χ1v) is 11.9. The molecule has 5 nitrogen and oxygen atoms in total. The fourth-order valence-electron chi connectivity index (χ4n) is 4.53. The minimum atomic E-state index is -1.06. The van der Waals surface area contributed by atoms with Gasteiger partial charge in [0.15, 0.2) is 0 Å². The Morgan fingerprint density at radius 3 is 2.63 bits per heavy atom. The number of aliphatic carboxylic acids is 1. The number of fused-ring (bicyclic) bond motifs is 1. The molecule has 0 saturated carbocycles. The Balaban J connectivity index is 1.42. The number of carbonyl (C=O) groups excluding carboxylic acids is 1. The molecule has 0 unspecified atom stereocenters. The van der Waals surface area contributed by atoms with Gasteiger partial charge in [-0.3, -0.25) is 9.59 Å². The van der Waals surface area contributed by atoms with Crippen molar-refractivity contribution in [3.8, 4) is 5.75 Å². The Morgan fingerprint density at radius 1 is 1.09 bits per heavy atom. The summed E-state index contributed by atoms with van der Waals surface area (Å²) in [6.45, 7) is 1.86. The predicted molar refractivity (Wildman–Crippen MR) is 132 cm³/mol. The van der Waals surface area contributed by atoms with E-state index < -0.39 is 11.6 Å². The molecule has 0 spiro atoms. The number of benzene rings is 3. The van der Waals surface area contributed by atoms with Gasteiger partial charge in [0.25, 0.3) is 0 Å². The van der Waals surface area contributed by atoms with E-state index in [4.69, 9.17) is 16.3 Å². The molecule has 1 aliphatic rings. The Bertz CT molecular complexity index is 1250. The summed E-state index contributed by atoms with van der Waals surface area (Å²) in [4.78, 5) is 25.7. The van der Waals surface area contributed by atoms with Crippen LogP contribution < -0.4 is 4.74 Å². The topological polar surface area (TPSA) is 66.8 Å². The number of carboxylic acids is 1. The summed E-state index contributed by atoms with van der Waals surface area (Å²) >= 11 is 6.03. The minimum Gasteiger partial charge on any atom is -0.487 e. The quantitative estimate of drug-likeness (QED) is 0.448. The number of carbonyl (C=O) groups is 2. The average Bonchev–Trinajstić information content (AvgIpc) is 3.13. The average molecular weight is 496 g/mol. The van der Waals surface area contributed by atoms with Crippen molar-refractivity contribution in [1.29, 1.82) is 0 Å². The predicted octanol–water partition coefficient (Wildman–Crippen LogP) is 5.11. The lowest BCUT2D eigenvalue weighted by Crippen LogP contribution is -2.38. The van der Waals surface area contributed by atoms with Crippen LogP contribution in [0.3, 0.4) is 0 Å². The lowest BCUT2D eigenvalue weighted by atomic mass is 9.91. The van der Waals surface area contributed by atoms with Crippen molar-refractivity contribution >= 4 is 23.5 Å². The number of hydrogen-bond donors (Lipinski definition) is 1. The number of ether oxygens (including phenoxy) is 1. The van der Waals surface area contributed by atoms with Gasteiger partial charge >= 0.3 is 5.97 Å². The van der Waals surface area contributed by atoms with Crippen LogP contribution in [0.5, 0.6) is 5.75 Å². The van der Waals surface area contributed by atoms with Crippen LogP contribution in [0.1, 0.15) is 29.2 Å². The highest BCUT2D eigenvalue weighted by Gasteiger charge is 2.35. The molecule has 3 aromatic rings. The largest absolute Gasteiger partial charge is 0.487 e. The lowest BCUT2D eigenvalue weighted by Gasteiger charge is -2.24. The van der Waals surface area contributed by atoms with Crippen LogP contribution in [0.15, 0.2) is 66.7 Å². The van der Waals surface area contributed by atoms with Crippen LogP contribution >= 0.6 is 11.6 Å². The fourth-order valence-corrected chi connectivity index (χ4v) is 4.74. The summed E-state index contributed by atoms with van der Waals surface area (Å²) in [6.07, 6.45) is 1.61. The Labute approximate surface area is 209 Å². The van der Waals surface area contributed by atoms with E-state index in [1.165, 1.54) is 11.0 Å². The molecule has 1 heterocycles. The lowest BCUT2D eigenvalue weighted by molar-refractivity contribution is -0.144. The van der Waals surface area contributed by atoms with Gasteiger partial charge in [-0.05, 0) is 59.9 Å².